The van der Waals surface area contributed by atoms with Crippen molar-refractivity contribution in [3.05, 3.63) is 78.4 Å². The Bertz CT molecular complexity index is 1030. The van der Waals surface area contributed by atoms with Gasteiger partial charge >= 0.3 is 0 Å². The number of carbonyl (C=O) groups is 1. The van der Waals surface area contributed by atoms with E-state index < -0.39 is 6.10 Å². The van der Waals surface area contributed by atoms with Gasteiger partial charge in [0.25, 0.3) is 5.91 Å². The molecule has 1 amide bonds. The first kappa shape index (κ1) is 19.9. The van der Waals surface area contributed by atoms with Gasteiger partial charge in [0.15, 0.2) is 0 Å². The van der Waals surface area contributed by atoms with Crippen LogP contribution >= 0.6 is 0 Å². The number of amides is 1. The summed E-state index contributed by atoms with van der Waals surface area (Å²) >= 11 is 0. The van der Waals surface area contributed by atoms with E-state index in [0.717, 1.165) is 11.3 Å². The first-order valence-electron chi connectivity index (χ1n) is 10.8. The van der Waals surface area contributed by atoms with Crippen molar-refractivity contribution < 1.29 is 14.6 Å². The average molecular weight is 418 g/mol. The molecular weight excluding hydrogens is 392 g/mol. The molecule has 7 nitrogen and oxygen atoms in total. The second kappa shape index (κ2) is 8.24. The van der Waals surface area contributed by atoms with Crippen LogP contribution in [0.5, 0.6) is 0 Å². The van der Waals surface area contributed by atoms with Gasteiger partial charge in [0.2, 0.25) is 0 Å². The predicted octanol–water partition coefficient (Wildman–Crippen LogP) is 3.15. The molecule has 1 N–H and O–H groups in total. The molecule has 1 aromatic heterocycles. The molecule has 0 unspecified atom stereocenters. The molecule has 2 aromatic carbocycles. The van der Waals surface area contributed by atoms with E-state index >= 15 is 0 Å². The molecule has 3 heterocycles. The number of hydrogen-bond acceptors (Lipinski definition) is 5. The highest BCUT2D eigenvalue weighted by Gasteiger charge is 2.44. The van der Waals surface area contributed by atoms with Gasteiger partial charge in [-0.1, -0.05) is 42.5 Å². The number of likely N-dealkylation sites (tertiary alicyclic amines) is 1. The lowest BCUT2D eigenvalue weighted by Gasteiger charge is -2.48. The lowest BCUT2D eigenvalue weighted by molar-refractivity contribution is -0.181. The predicted molar refractivity (Wildman–Crippen MR) is 115 cm³/mol. The van der Waals surface area contributed by atoms with Gasteiger partial charge < -0.3 is 14.7 Å². The van der Waals surface area contributed by atoms with Crippen molar-refractivity contribution in [3.8, 4) is 5.69 Å². The Kier molecular flexibility index (Phi) is 5.29. The van der Waals surface area contributed by atoms with Crippen molar-refractivity contribution in [1.29, 1.82) is 0 Å². The number of aliphatic hydroxyl groups excluding tert-OH is 1. The minimum absolute atomic E-state index is 0.00452. The van der Waals surface area contributed by atoms with Crippen LogP contribution in [0.4, 0.5) is 0 Å². The third-order valence-electron chi connectivity index (χ3n) is 6.45. The molecule has 160 valence electrons. The zero-order valence-corrected chi connectivity index (χ0v) is 17.3. The normalized spacial score (nSPS) is 23.1. The molecule has 1 spiro atoms. The first-order valence-corrected chi connectivity index (χ1v) is 10.8. The summed E-state index contributed by atoms with van der Waals surface area (Å²) in [5.74, 6) is -0.00452. The van der Waals surface area contributed by atoms with Crippen molar-refractivity contribution in [3.63, 3.8) is 0 Å². The monoisotopic (exact) mass is 418 g/mol. The Hall–Kier alpha value is -3.03. The summed E-state index contributed by atoms with van der Waals surface area (Å²) in [5.41, 5.74) is 2.11. The van der Waals surface area contributed by atoms with Gasteiger partial charge in [0.05, 0.1) is 29.1 Å². The summed E-state index contributed by atoms with van der Waals surface area (Å²) in [4.78, 5) is 15.2. The Morgan fingerprint density at radius 2 is 1.68 bits per heavy atom. The molecule has 2 saturated heterocycles. The van der Waals surface area contributed by atoms with E-state index in [1.165, 1.54) is 0 Å². The van der Waals surface area contributed by atoms with Crippen LogP contribution in [-0.2, 0) is 4.74 Å². The summed E-state index contributed by atoms with van der Waals surface area (Å²) in [6.45, 7) is 1.20. The molecule has 5 rings (SSSR count). The van der Waals surface area contributed by atoms with Crippen LogP contribution in [0.15, 0.2) is 67.3 Å². The Balaban J connectivity index is 1.31. The molecular formula is C24H26N4O3. The molecule has 2 fully saturated rings. The van der Waals surface area contributed by atoms with E-state index in [2.05, 4.69) is 22.3 Å². The van der Waals surface area contributed by atoms with E-state index in [1.54, 1.807) is 17.2 Å². The second-order valence-corrected chi connectivity index (χ2v) is 8.47. The van der Waals surface area contributed by atoms with Gasteiger partial charge in [-0.3, -0.25) is 9.36 Å². The fourth-order valence-electron chi connectivity index (χ4n) is 4.84. The third-order valence-corrected chi connectivity index (χ3v) is 6.45. The smallest absolute Gasteiger partial charge is 0.255 e. The quantitative estimate of drug-likeness (QED) is 0.707. The molecule has 2 atom stereocenters. The summed E-state index contributed by atoms with van der Waals surface area (Å²) in [7, 11) is 0. The van der Waals surface area contributed by atoms with Crippen LogP contribution in [0.25, 0.3) is 5.69 Å². The number of benzene rings is 2. The standard InChI is InChI=1S/C24H26N4O3/c29-19-14-22(18-6-2-1-3-7-18)31-24(15-19)10-12-27(13-11-24)23(30)20-8-4-5-9-21(20)28-16-25-26-17-28/h1-9,16-17,19,22,29H,10-15H2/t19-,22-/m1/s1. The molecule has 0 radical (unpaired) electrons. The fraction of sp³-hybridized carbons (Fsp3) is 0.375. The van der Waals surface area contributed by atoms with Gasteiger partial charge in [-0.25, -0.2) is 0 Å². The Morgan fingerprint density at radius 1 is 1.00 bits per heavy atom. The SMILES string of the molecule is O=C(c1ccccc1-n1cnnc1)N1CCC2(CC1)C[C@H](O)C[C@H](c1ccccc1)O2. The number of nitrogens with zero attached hydrogens (tertiary/aromatic N) is 4. The molecule has 0 saturated carbocycles. The van der Waals surface area contributed by atoms with Crippen molar-refractivity contribution in [2.75, 3.05) is 13.1 Å². The van der Waals surface area contributed by atoms with Gasteiger partial charge in [-0.05, 0) is 30.5 Å². The largest absolute Gasteiger partial charge is 0.393 e. The van der Waals surface area contributed by atoms with E-state index in [0.29, 0.717) is 44.3 Å². The summed E-state index contributed by atoms with van der Waals surface area (Å²) < 4.78 is 8.32. The van der Waals surface area contributed by atoms with E-state index in [9.17, 15) is 9.90 Å². The number of hydrogen-bond donors (Lipinski definition) is 1. The Labute approximate surface area is 181 Å². The van der Waals surface area contributed by atoms with Crippen LogP contribution < -0.4 is 0 Å². The molecule has 3 aromatic rings. The zero-order chi connectivity index (χ0) is 21.3. The Morgan fingerprint density at radius 3 is 2.42 bits per heavy atom. The molecule has 0 aliphatic carbocycles. The minimum Gasteiger partial charge on any atom is -0.393 e. The van der Waals surface area contributed by atoms with Crippen molar-refractivity contribution in [2.45, 2.75) is 43.5 Å². The topological polar surface area (TPSA) is 80.5 Å². The number of piperidine rings is 1. The van der Waals surface area contributed by atoms with Gasteiger partial charge in [0.1, 0.15) is 12.7 Å². The number of rotatable bonds is 3. The highest BCUT2D eigenvalue weighted by molar-refractivity contribution is 5.97. The van der Waals surface area contributed by atoms with Crippen LogP contribution in [0.2, 0.25) is 0 Å². The van der Waals surface area contributed by atoms with Crippen LogP contribution in [0.1, 0.15) is 47.7 Å². The maximum atomic E-state index is 13.3. The number of aromatic nitrogens is 3. The van der Waals surface area contributed by atoms with Crippen molar-refractivity contribution in [2.24, 2.45) is 0 Å². The van der Waals surface area contributed by atoms with E-state index in [-0.39, 0.29) is 17.6 Å². The highest BCUT2D eigenvalue weighted by atomic mass is 16.5. The summed E-state index contributed by atoms with van der Waals surface area (Å²) in [6, 6.07) is 17.6. The lowest BCUT2D eigenvalue weighted by Crippen LogP contribution is -2.52. The van der Waals surface area contributed by atoms with Gasteiger partial charge in [0, 0.05) is 25.9 Å². The van der Waals surface area contributed by atoms with Crippen LogP contribution in [-0.4, -0.2) is 55.5 Å². The summed E-state index contributed by atoms with van der Waals surface area (Å²) in [6.07, 6.45) is 5.35. The van der Waals surface area contributed by atoms with Crippen LogP contribution in [0.3, 0.4) is 0 Å². The third kappa shape index (κ3) is 3.98. The highest BCUT2D eigenvalue weighted by Crippen LogP contribution is 2.43. The lowest BCUT2D eigenvalue weighted by atomic mass is 9.80. The average Bonchev–Trinajstić information content (AvgIpc) is 3.34. The molecule has 2 aliphatic rings. The molecule has 2 aliphatic heterocycles. The maximum Gasteiger partial charge on any atom is 0.255 e. The second-order valence-electron chi connectivity index (χ2n) is 8.47. The minimum atomic E-state index is -0.393. The van der Waals surface area contributed by atoms with Gasteiger partial charge in [-0.15, -0.1) is 10.2 Å². The number of aliphatic hydroxyl groups is 1. The number of para-hydroxylation sites is 1. The summed E-state index contributed by atoms with van der Waals surface area (Å²) in [5, 5.41) is 18.3. The van der Waals surface area contributed by atoms with Crippen molar-refractivity contribution in [1.82, 2.24) is 19.7 Å². The molecule has 0 bridgehead atoms. The number of carbonyl (C=O) groups excluding carboxylic acids is 1. The number of ether oxygens (including phenoxy) is 1. The first-order chi connectivity index (χ1) is 15.1. The van der Waals surface area contributed by atoms with Crippen LogP contribution in [0, 0.1) is 0 Å². The van der Waals surface area contributed by atoms with Gasteiger partial charge in [-0.2, -0.15) is 0 Å². The van der Waals surface area contributed by atoms with E-state index in [1.807, 2.05) is 47.4 Å². The van der Waals surface area contributed by atoms with Crippen molar-refractivity contribution >= 4 is 5.91 Å². The molecule has 31 heavy (non-hydrogen) atoms. The molecule has 7 heteroatoms. The fourth-order valence-corrected chi connectivity index (χ4v) is 4.84. The maximum absolute atomic E-state index is 13.3. The van der Waals surface area contributed by atoms with E-state index in [4.69, 9.17) is 4.74 Å². The zero-order valence-electron chi connectivity index (χ0n) is 17.3.